The van der Waals surface area contributed by atoms with Gasteiger partial charge in [0.25, 0.3) is 0 Å². The monoisotopic (exact) mass is 191 g/mol. The third-order valence-corrected chi connectivity index (χ3v) is 2.09. The quantitative estimate of drug-likeness (QED) is 0.500. The molecule has 0 aromatic rings. The highest BCUT2D eigenvalue weighted by atomic mass is 32.2. The van der Waals surface area contributed by atoms with Crippen molar-refractivity contribution < 1.29 is 9.05 Å². The molecule has 0 amide bonds. The van der Waals surface area contributed by atoms with Gasteiger partial charge in [-0.15, -0.1) is 0 Å². The van der Waals surface area contributed by atoms with Gasteiger partial charge in [0.05, 0.1) is 11.5 Å². The summed E-state index contributed by atoms with van der Waals surface area (Å²) in [4.78, 5) is 4.68. The van der Waals surface area contributed by atoms with Crippen molar-refractivity contribution in [2.24, 2.45) is 10.6 Å². The minimum atomic E-state index is -0.854. The number of hydrogen-bond donors (Lipinski definition) is 0. The zero-order valence-electron chi connectivity index (χ0n) is 8.38. The second-order valence-electron chi connectivity index (χ2n) is 3.69. The highest BCUT2D eigenvalue weighted by molar-refractivity contribution is 7.85. The summed E-state index contributed by atoms with van der Waals surface area (Å²) in [5.74, 6) is 0.483. The summed E-state index contributed by atoms with van der Waals surface area (Å²) in [5, 5.41) is 3.86. The molecule has 0 radical (unpaired) electrons. The van der Waals surface area contributed by atoms with Crippen LogP contribution in [0.4, 0.5) is 0 Å². The van der Waals surface area contributed by atoms with Gasteiger partial charge < -0.3 is 4.84 Å². The van der Waals surface area contributed by atoms with Crippen LogP contribution >= 0.6 is 0 Å². The van der Waals surface area contributed by atoms with Gasteiger partial charge in [-0.3, -0.25) is 4.21 Å². The van der Waals surface area contributed by atoms with Gasteiger partial charge in [-0.1, -0.05) is 25.9 Å². The van der Waals surface area contributed by atoms with E-state index in [9.17, 15) is 4.21 Å². The van der Waals surface area contributed by atoms with Crippen molar-refractivity contribution in [3.63, 3.8) is 0 Å². The van der Waals surface area contributed by atoms with Crippen molar-refractivity contribution in [2.45, 2.75) is 20.8 Å². The molecule has 0 aliphatic rings. The van der Waals surface area contributed by atoms with Crippen LogP contribution in [0.3, 0.4) is 0 Å². The summed E-state index contributed by atoms with van der Waals surface area (Å²) in [5.41, 5.74) is 0.771. The third-order valence-electron chi connectivity index (χ3n) is 1.41. The maximum atomic E-state index is 11.0. The molecular weight excluding hydrogens is 174 g/mol. The maximum absolute atomic E-state index is 11.0. The standard InChI is InChI=1S/C8H17NO2S/c1-8(2,3)7(9-11-4)6-12(5)10/h6H2,1-5H3/b9-7+. The molecule has 0 rings (SSSR count). The smallest absolute Gasteiger partial charge is 0.106 e. The zero-order valence-corrected chi connectivity index (χ0v) is 9.20. The number of rotatable bonds is 3. The summed E-state index contributed by atoms with van der Waals surface area (Å²) < 4.78 is 11.0. The van der Waals surface area contributed by atoms with E-state index >= 15 is 0 Å². The van der Waals surface area contributed by atoms with Crippen LogP contribution in [0.5, 0.6) is 0 Å². The Kier molecular flexibility index (Phi) is 4.45. The average molecular weight is 191 g/mol. The van der Waals surface area contributed by atoms with E-state index in [0.29, 0.717) is 5.75 Å². The molecule has 3 nitrogen and oxygen atoms in total. The van der Waals surface area contributed by atoms with Gasteiger partial charge in [0.1, 0.15) is 7.11 Å². The van der Waals surface area contributed by atoms with Crippen molar-refractivity contribution in [3.05, 3.63) is 0 Å². The molecule has 12 heavy (non-hydrogen) atoms. The van der Waals surface area contributed by atoms with E-state index in [2.05, 4.69) is 9.99 Å². The first-order valence-electron chi connectivity index (χ1n) is 3.78. The van der Waals surface area contributed by atoms with Gasteiger partial charge in [0.15, 0.2) is 0 Å². The van der Waals surface area contributed by atoms with Crippen LogP contribution in [0.25, 0.3) is 0 Å². The number of oxime groups is 1. The van der Waals surface area contributed by atoms with E-state index in [1.165, 1.54) is 7.11 Å². The number of nitrogens with zero attached hydrogens (tertiary/aromatic N) is 1. The van der Waals surface area contributed by atoms with E-state index < -0.39 is 10.8 Å². The summed E-state index contributed by atoms with van der Waals surface area (Å²) in [7, 11) is 0.650. The molecule has 4 heteroatoms. The molecule has 0 fully saturated rings. The molecule has 0 aromatic heterocycles. The lowest BCUT2D eigenvalue weighted by molar-refractivity contribution is 0.209. The molecule has 0 saturated carbocycles. The Morgan fingerprint density at radius 2 is 2.00 bits per heavy atom. The third kappa shape index (κ3) is 4.49. The van der Waals surface area contributed by atoms with Crippen molar-refractivity contribution in [1.29, 1.82) is 0 Å². The topological polar surface area (TPSA) is 38.7 Å². The highest BCUT2D eigenvalue weighted by Gasteiger charge is 2.20. The fourth-order valence-corrected chi connectivity index (χ4v) is 1.55. The van der Waals surface area contributed by atoms with Gasteiger partial charge in [0.2, 0.25) is 0 Å². The Balaban J connectivity index is 4.46. The first kappa shape index (κ1) is 11.6. The molecule has 0 N–H and O–H groups in total. The summed E-state index contributed by atoms with van der Waals surface area (Å²) in [6.07, 6.45) is 1.66. The Hall–Kier alpha value is -0.380. The minimum absolute atomic E-state index is 0.0678. The second kappa shape index (κ2) is 4.60. The van der Waals surface area contributed by atoms with Gasteiger partial charge in [-0.25, -0.2) is 0 Å². The van der Waals surface area contributed by atoms with Gasteiger partial charge >= 0.3 is 0 Å². The fraction of sp³-hybridized carbons (Fsp3) is 0.875. The number of hydrogen-bond acceptors (Lipinski definition) is 3. The molecule has 0 spiro atoms. The Morgan fingerprint density at radius 1 is 1.50 bits per heavy atom. The second-order valence-corrected chi connectivity index (χ2v) is 5.12. The normalized spacial score (nSPS) is 15.9. The van der Waals surface area contributed by atoms with Crippen molar-refractivity contribution in [2.75, 3.05) is 19.1 Å². The molecular formula is C8H17NO2S. The molecule has 1 atom stereocenters. The van der Waals surface area contributed by atoms with Crippen LogP contribution in [-0.4, -0.2) is 29.0 Å². The van der Waals surface area contributed by atoms with Crippen LogP contribution in [0, 0.1) is 5.41 Å². The molecule has 0 aliphatic carbocycles. The molecule has 0 aliphatic heterocycles. The van der Waals surface area contributed by atoms with E-state index in [0.717, 1.165) is 5.71 Å². The zero-order chi connectivity index (χ0) is 9.78. The molecule has 0 bridgehead atoms. The van der Waals surface area contributed by atoms with Crippen LogP contribution in [0.1, 0.15) is 20.8 Å². The van der Waals surface area contributed by atoms with Crippen LogP contribution in [0.15, 0.2) is 5.16 Å². The predicted molar refractivity (Wildman–Crippen MR) is 52.8 cm³/mol. The SMILES string of the molecule is CO/N=C(\CS(C)=O)C(C)(C)C. The Labute approximate surface area is 76.6 Å². The van der Waals surface area contributed by atoms with Crippen molar-refractivity contribution in [3.8, 4) is 0 Å². The van der Waals surface area contributed by atoms with E-state index in [1.807, 2.05) is 20.8 Å². The molecule has 0 heterocycles. The van der Waals surface area contributed by atoms with Crippen LogP contribution in [0.2, 0.25) is 0 Å². The Morgan fingerprint density at radius 3 is 2.25 bits per heavy atom. The highest BCUT2D eigenvalue weighted by Crippen LogP contribution is 2.16. The van der Waals surface area contributed by atoms with E-state index in [1.54, 1.807) is 6.26 Å². The van der Waals surface area contributed by atoms with Gasteiger partial charge in [0, 0.05) is 22.5 Å². The molecule has 0 saturated heterocycles. The first-order chi connectivity index (χ1) is 5.38. The molecule has 72 valence electrons. The lowest BCUT2D eigenvalue weighted by Gasteiger charge is -2.19. The van der Waals surface area contributed by atoms with Crippen LogP contribution in [-0.2, 0) is 15.6 Å². The molecule has 0 aromatic carbocycles. The first-order valence-corrected chi connectivity index (χ1v) is 5.51. The van der Waals surface area contributed by atoms with Crippen molar-refractivity contribution >= 4 is 16.5 Å². The Bertz CT molecular complexity index is 194. The largest absolute Gasteiger partial charge is 0.399 e. The fourth-order valence-electron chi connectivity index (χ4n) is 0.683. The van der Waals surface area contributed by atoms with Gasteiger partial charge in [-0.05, 0) is 0 Å². The lowest BCUT2D eigenvalue weighted by Crippen LogP contribution is -2.26. The van der Waals surface area contributed by atoms with Crippen molar-refractivity contribution in [1.82, 2.24) is 0 Å². The minimum Gasteiger partial charge on any atom is -0.399 e. The maximum Gasteiger partial charge on any atom is 0.106 e. The summed E-state index contributed by atoms with van der Waals surface area (Å²) in [6.45, 7) is 6.08. The molecule has 1 unspecified atom stereocenters. The van der Waals surface area contributed by atoms with E-state index in [4.69, 9.17) is 0 Å². The average Bonchev–Trinajstić information content (AvgIpc) is 1.83. The lowest BCUT2D eigenvalue weighted by atomic mass is 9.91. The predicted octanol–water partition coefficient (Wildman–Crippen LogP) is 1.41. The van der Waals surface area contributed by atoms with Crippen LogP contribution < -0.4 is 0 Å². The van der Waals surface area contributed by atoms with E-state index in [-0.39, 0.29) is 5.41 Å². The van der Waals surface area contributed by atoms with Gasteiger partial charge in [-0.2, -0.15) is 0 Å². The summed E-state index contributed by atoms with van der Waals surface area (Å²) >= 11 is 0. The summed E-state index contributed by atoms with van der Waals surface area (Å²) in [6, 6.07) is 0.